The number of carbonyl (C=O) groups excluding carboxylic acids is 2. The molecule has 0 spiro atoms. The molecule has 40 heavy (non-hydrogen) atoms. The summed E-state index contributed by atoms with van der Waals surface area (Å²) in [5.74, 6) is 0.750. The number of hydrogen-bond acceptors (Lipinski definition) is 4. The van der Waals surface area contributed by atoms with E-state index in [1.807, 2.05) is 121 Å². The molecular weight excluding hydrogens is 500 g/mol. The van der Waals surface area contributed by atoms with E-state index in [9.17, 15) is 9.59 Å². The first kappa shape index (κ1) is 24.9. The van der Waals surface area contributed by atoms with Crippen LogP contribution in [0, 0.1) is 0 Å². The predicted octanol–water partition coefficient (Wildman–Crippen LogP) is 7.18. The molecule has 0 atom stereocenters. The Balaban J connectivity index is 1.13. The third kappa shape index (κ3) is 5.28. The second-order valence-corrected chi connectivity index (χ2v) is 9.33. The third-order valence-electron chi connectivity index (χ3n) is 6.69. The molecule has 0 unspecified atom stereocenters. The van der Waals surface area contributed by atoms with Crippen molar-refractivity contribution in [2.45, 2.75) is 0 Å². The molecule has 2 amide bonds. The van der Waals surface area contributed by atoms with E-state index in [4.69, 9.17) is 9.47 Å². The Labute approximate surface area is 231 Å². The van der Waals surface area contributed by atoms with Crippen LogP contribution in [0.1, 0.15) is 0 Å². The smallest absolute Gasteiger partial charge is 0.262 e. The number of carbonyl (C=O) groups is 2. The van der Waals surface area contributed by atoms with Gasteiger partial charge in [-0.05, 0) is 35.0 Å². The number of fused-ring (bicyclic) bond motifs is 3. The van der Waals surface area contributed by atoms with Gasteiger partial charge in [-0.25, -0.2) is 0 Å². The highest BCUT2D eigenvalue weighted by atomic mass is 16.5. The van der Waals surface area contributed by atoms with Crippen molar-refractivity contribution in [2.24, 2.45) is 0 Å². The molecule has 2 N–H and O–H groups in total. The molecule has 0 fully saturated rings. The van der Waals surface area contributed by atoms with Crippen LogP contribution in [0.4, 0.5) is 11.4 Å². The van der Waals surface area contributed by atoms with E-state index in [0.29, 0.717) is 22.9 Å². The molecule has 0 aliphatic heterocycles. The van der Waals surface area contributed by atoms with Crippen LogP contribution in [-0.4, -0.2) is 25.0 Å². The second kappa shape index (κ2) is 11.2. The fraction of sp³-hybridized carbons (Fsp3) is 0.0588. The molecule has 196 valence electrons. The van der Waals surface area contributed by atoms with Crippen molar-refractivity contribution in [3.63, 3.8) is 0 Å². The minimum absolute atomic E-state index is 0.133. The van der Waals surface area contributed by atoms with Crippen molar-refractivity contribution in [1.82, 2.24) is 0 Å². The van der Waals surface area contributed by atoms with Crippen molar-refractivity contribution >= 4 is 55.5 Å². The highest BCUT2D eigenvalue weighted by molar-refractivity contribution is 6.09. The van der Waals surface area contributed by atoms with Gasteiger partial charge in [-0.15, -0.1) is 0 Å². The standard InChI is InChI=1S/C34H26N2O4/c37-33(21-39-31-19-5-11-23-9-1-3-13-25(23)31)35-29-17-7-16-28-27(29)15-8-18-30(28)36-34(38)22-40-32-20-6-12-24-10-2-4-14-26(24)32/h1-20H,21-22H2,(H,35,37)(H,36,38). The molecule has 0 saturated heterocycles. The third-order valence-corrected chi connectivity index (χ3v) is 6.69. The number of ether oxygens (including phenoxy) is 2. The highest BCUT2D eigenvalue weighted by Gasteiger charge is 2.12. The van der Waals surface area contributed by atoms with Crippen LogP contribution in [0.15, 0.2) is 121 Å². The van der Waals surface area contributed by atoms with Crippen LogP contribution in [0.5, 0.6) is 11.5 Å². The second-order valence-electron chi connectivity index (χ2n) is 9.33. The van der Waals surface area contributed by atoms with Gasteiger partial charge >= 0.3 is 0 Å². The van der Waals surface area contributed by atoms with Crippen molar-refractivity contribution < 1.29 is 19.1 Å². The van der Waals surface area contributed by atoms with Gasteiger partial charge in [0.2, 0.25) is 0 Å². The Morgan fingerprint density at radius 1 is 0.450 bits per heavy atom. The van der Waals surface area contributed by atoms with Crippen molar-refractivity contribution in [3.8, 4) is 11.5 Å². The molecule has 6 aromatic rings. The Bertz CT molecular complexity index is 1720. The van der Waals surface area contributed by atoms with Crippen LogP contribution in [-0.2, 0) is 9.59 Å². The maximum atomic E-state index is 12.8. The van der Waals surface area contributed by atoms with Gasteiger partial charge in [-0.3, -0.25) is 9.59 Å². The minimum atomic E-state index is -0.279. The summed E-state index contributed by atoms with van der Waals surface area (Å²) in [6, 6.07) is 38.4. The molecular formula is C34H26N2O4. The number of hydrogen-bond donors (Lipinski definition) is 2. The maximum absolute atomic E-state index is 12.8. The summed E-state index contributed by atoms with van der Waals surface area (Å²) >= 11 is 0. The molecule has 0 saturated carbocycles. The van der Waals surface area contributed by atoms with Crippen LogP contribution < -0.4 is 20.1 Å². The van der Waals surface area contributed by atoms with Gasteiger partial charge in [-0.1, -0.05) is 97.1 Å². The zero-order valence-electron chi connectivity index (χ0n) is 21.6. The van der Waals surface area contributed by atoms with E-state index < -0.39 is 0 Å². The average Bonchev–Trinajstić information content (AvgIpc) is 2.99. The van der Waals surface area contributed by atoms with Gasteiger partial charge < -0.3 is 20.1 Å². The molecule has 6 nitrogen and oxygen atoms in total. The normalized spacial score (nSPS) is 10.9. The molecule has 0 aromatic heterocycles. The molecule has 0 radical (unpaired) electrons. The van der Waals surface area contributed by atoms with Crippen LogP contribution >= 0.6 is 0 Å². The van der Waals surface area contributed by atoms with E-state index in [1.54, 1.807) is 0 Å². The van der Waals surface area contributed by atoms with Crippen molar-refractivity contribution in [1.29, 1.82) is 0 Å². The van der Waals surface area contributed by atoms with E-state index in [-0.39, 0.29) is 25.0 Å². The van der Waals surface area contributed by atoms with Gasteiger partial charge in [0.1, 0.15) is 11.5 Å². The summed E-state index contributed by atoms with van der Waals surface area (Å²) in [5.41, 5.74) is 1.26. The summed E-state index contributed by atoms with van der Waals surface area (Å²) in [6.07, 6.45) is 0. The lowest BCUT2D eigenvalue weighted by Gasteiger charge is -2.14. The first-order valence-electron chi connectivity index (χ1n) is 13.0. The van der Waals surface area contributed by atoms with E-state index in [1.165, 1.54) is 0 Å². The topological polar surface area (TPSA) is 76.7 Å². The quantitative estimate of drug-likeness (QED) is 0.220. The zero-order valence-corrected chi connectivity index (χ0v) is 21.6. The highest BCUT2D eigenvalue weighted by Crippen LogP contribution is 2.30. The monoisotopic (exact) mass is 526 g/mol. The van der Waals surface area contributed by atoms with E-state index in [2.05, 4.69) is 10.6 Å². The fourth-order valence-electron chi connectivity index (χ4n) is 4.83. The molecule has 6 aromatic carbocycles. The van der Waals surface area contributed by atoms with Gasteiger partial charge in [0.25, 0.3) is 11.8 Å². The Kier molecular flexibility index (Phi) is 6.97. The Morgan fingerprint density at radius 2 is 0.825 bits per heavy atom. The zero-order chi connectivity index (χ0) is 27.3. The fourth-order valence-corrected chi connectivity index (χ4v) is 4.83. The summed E-state index contributed by atoms with van der Waals surface area (Å²) in [5, 5.41) is 11.5. The minimum Gasteiger partial charge on any atom is -0.483 e. The predicted molar refractivity (Wildman–Crippen MR) is 160 cm³/mol. The molecule has 0 aliphatic rings. The molecule has 6 heteroatoms. The van der Waals surface area contributed by atoms with Crippen LogP contribution in [0.2, 0.25) is 0 Å². The lowest BCUT2D eigenvalue weighted by atomic mass is 10.1. The molecule has 0 aliphatic carbocycles. The lowest BCUT2D eigenvalue weighted by molar-refractivity contribution is -0.118. The van der Waals surface area contributed by atoms with Crippen molar-refractivity contribution in [2.75, 3.05) is 23.8 Å². The van der Waals surface area contributed by atoms with Gasteiger partial charge in [0.05, 0.1) is 0 Å². The Hall–Kier alpha value is -5.36. The molecule has 0 bridgehead atoms. The number of anilines is 2. The molecule has 6 rings (SSSR count). The lowest BCUT2D eigenvalue weighted by Crippen LogP contribution is -2.21. The van der Waals surface area contributed by atoms with Crippen LogP contribution in [0.3, 0.4) is 0 Å². The summed E-state index contributed by atoms with van der Waals surface area (Å²) < 4.78 is 11.7. The summed E-state index contributed by atoms with van der Waals surface area (Å²) in [7, 11) is 0. The first-order chi connectivity index (χ1) is 19.7. The average molecular weight is 527 g/mol. The SMILES string of the molecule is O=C(COc1cccc2ccccc12)Nc1cccc2c(NC(=O)COc3cccc4ccccc34)cccc12. The van der Waals surface area contributed by atoms with Crippen LogP contribution in [0.25, 0.3) is 32.3 Å². The van der Waals surface area contributed by atoms with E-state index >= 15 is 0 Å². The number of nitrogens with one attached hydrogen (secondary N) is 2. The first-order valence-corrected chi connectivity index (χ1v) is 13.0. The number of benzene rings is 6. The Morgan fingerprint density at radius 3 is 1.30 bits per heavy atom. The molecule has 0 heterocycles. The largest absolute Gasteiger partial charge is 0.483 e. The van der Waals surface area contributed by atoms with E-state index in [0.717, 1.165) is 32.3 Å². The van der Waals surface area contributed by atoms with Crippen molar-refractivity contribution in [3.05, 3.63) is 121 Å². The summed E-state index contributed by atoms with van der Waals surface area (Å²) in [6.45, 7) is -0.265. The van der Waals surface area contributed by atoms with Gasteiger partial charge in [0.15, 0.2) is 13.2 Å². The van der Waals surface area contributed by atoms with Gasteiger partial charge in [0, 0.05) is 32.9 Å². The number of rotatable bonds is 8. The summed E-state index contributed by atoms with van der Waals surface area (Å²) in [4.78, 5) is 25.6. The maximum Gasteiger partial charge on any atom is 0.262 e. The number of amides is 2. The van der Waals surface area contributed by atoms with Gasteiger partial charge in [-0.2, -0.15) is 0 Å².